The van der Waals surface area contributed by atoms with Crippen molar-refractivity contribution in [3.63, 3.8) is 0 Å². The molecule has 0 N–H and O–H groups in total. The molecule has 2 aromatic heterocycles. The van der Waals surface area contributed by atoms with E-state index in [1.807, 2.05) is 30.5 Å². The van der Waals surface area contributed by atoms with E-state index in [0.29, 0.717) is 0 Å². The lowest BCUT2D eigenvalue weighted by molar-refractivity contribution is 0.784. The quantitative estimate of drug-likeness (QED) is 0.161. The summed E-state index contributed by atoms with van der Waals surface area (Å²) in [4.78, 5) is 16.1. The molecule has 5 aromatic carbocycles. The zero-order chi connectivity index (χ0) is 40.5. The van der Waals surface area contributed by atoms with Gasteiger partial charge in [0.25, 0.3) is 0 Å². The first-order valence-corrected chi connectivity index (χ1v) is 21.3. The van der Waals surface area contributed by atoms with Crippen LogP contribution in [0.5, 0.6) is 0 Å². The minimum Gasteiger partial charge on any atom is -0.256 e. The average Bonchev–Trinajstić information content (AvgIpc) is 3.61. The summed E-state index contributed by atoms with van der Waals surface area (Å²) in [6.07, 6.45) is 21.2. The molecule has 4 heteroatoms. The number of nitrogens with zero attached hydrogens (tertiary/aromatic N) is 3. The van der Waals surface area contributed by atoms with E-state index >= 15 is 0 Å². The Bertz CT molecular complexity index is 2940. The predicted octanol–water partition coefficient (Wildman–Crippen LogP) is 14.4. The van der Waals surface area contributed by atoms with E-state index in [0.717, 1.165) is 80.3 Å². The molecule has 2 aliphatic carbocycles. The fraction of sp³-hybridized carbons (Fsp3) is 0.0536. The molecule has 3 nitrogen and oxygen atoms in total. The van der Waals surface area contributed by atoms with Crippen molar-refractivity contribution < 1.29 is 0 Å². The van der Waals surface area contributed by atoms with Gasteiger partial charge in [-0.3, -0.25) is 4.98 Å². The Hall–Kier alpha value is -7.14. The molecular weight excluding hydrogens is 747 g/mol. The molecule has 0 unspecified atom stereocenters. The molecule has 0 saturated carbocycles. The molecule has 1 spiro atoms. The number of hydrogen-bond donors (Lipinski definition) is 0. The van der Waals surface area contributed by atoms with Gasteiger partial charge in [-0.05, 0) is 74.9 Å². The third kappa shape index (κ3) is 6.56. The standard InChI is InChI=1S/C56H41N3S/c1-3-39-23-17-35-57-53(39)38(2)44-22-14-15-34-56(48-27-12-10-24-46(48)47-25-11-13-28-49(47)56)50-29-16-26-45(54(50)60-37-44)40-30-32-42(33-31-40)52-36-51(41-18-6-4-7-19-41)58-55(59-52)43-20-8-5-9-21-43/h3-4,6-8,10-37H,1-2,5,9H2/b22-14?,34-15-,44-37?. The van der Waals surface area contributed by atoms with Gasteiger partial charge in [0.2, 0.25) is 0 Å². The van der Waals surface area contributed by atoms with Crippen LogP contribution in [-0.2, 0) is 5.41 Å². The first kappa shape index (κ1) is 37.2. The summed E-state index contributed by atoms with van der Waals surface area (Å²) in [6, 6.07) is 49.8. The van der Waals surface area contributed by atoms with Crippen molar-refractivity contribution in [2.75, 3.05) is 0 Å². The Morgan fingerprint density at radius 2 is 1.30 bits per heavy atom. The molecule has 286 valence electrons. The Kier molecular flexibility index (Phi) is 9.84. The minimum atomic E-state index is -0.525. The summed E-state index contributed by atoms with van der Waals surface area (Å²) in [5.41, 5.74) is 16.6. The van der Waals surface area contributed by atoms with Crippen LogP contribution in [0.1, 0.15) is 46.6 Å². The average molecular weight is 788 g/mol. The van der Waals surface area contributed by atoms with Gasteiger partial charge >= 0.3 is 0 Å². The molecule has 0 saturated heterocycles. The highest BCUT2D eigenvalue weighted by molar-refractivity contribution is 8.02. The molecule has 0 atom stereocenters. The molecule has 10 rings (SSSR count). The van der Waals surface area contributed by atoms with E-state index in [1.165, 1.54) is 32.7 Å². The molecule has 60 heavy (non-hydrogen) atoms. The number of thioether (sulfide) groups is 1. The first-order chi connectivity index (χ1) is 29.6. The van der Waals surface area contributed by atoms with Crippen LogP contribution in [-0.4, -0.2) is 15.0 Å². The molecule has 0 radical (unpaired) electrons. The van der Waals surface area contributed by atoms with E-state index in [-0.39, 0.29) is 0 Å². The van der Waals surface area contributed by atoms with E-state index in [1.54, 1.807) is 11.8 Å². The highest BCUT2D eigenvalue weighted by atomic mass is 32.2. The normalized spacial score (nSPS) is 15.3. The van der Waals surface area contributed by atoms with Gasteiger partial charge in [-0.1, -0.05) is 201 Å². The largest absolute Gasteiger partial charge is 0.256 e. The lowest BCUT2D eigenvalue weighted by Crippen LogP contribution is -2.25. The fourth-order valence-corrected chi connectivity index (χ4v) is 9.91. The Morgan fingerprint density at radius 3 is 2.02 bits per heavy atom. The lowest BCUT2D eigenvalue weighted by Gasteiger charge is -2.32. The van der Waals surface area contributed by atoms with Crippen molar-refractivity contribution in [2.45, 2.75) is 23.2 Å². The van der Waals surface area contributed by atoms with Crippen LogP contribution in [0.3, 0.4) is 0 Å². The van der Waals surface area contributed by atoms with E-state index < -0.39 is 5.41 Å². The molecule has 3 heterocycles. The maximum atomic E-state index is 5.14. The highest BCUT2D eigenvalue weighted by Crippen LogP contribution is 2.56. The lowest BCUT2D eigenvalue weighted by atomic mass is 9.71. The Morgan fingerprint density at radius 1 is 0.633 bits per heavy atom. The van der Waals surface area contributed by atoms with Gasteiger partial charge in [0, 0.05) is 38.9 Å². The van der Waals surface area contributed by atoms with Crippen LogP contribution in [0.2, 0.25) is 0 Å². The number of hydrogen-bond acceptors (Lipinski definition) is 4. The third-order valence-corrected chi connectivity index (χ3v) is 12.8. The van der Waals surface area contributed by atoms with Gasteiger partial charge in [0.1, 0.15) is 0 Å². The van der Waals surface area contributed by atoms with E-state index in [9.17, 15) is 0 Å². The van der Waals surface area contributed by atoms with Crippen molar-refractivity contribution in [2.24, 2.45) is 0 Å². The summed E-state index contributed by atoms with van der Waals surface area (Å²) in [5, 5.41) is 2.23. The van der Waals surface area contributed by atoms with Gasteiger partial charge in [-0.15, -0.1) is 0 Å². The smallest absolute Gasteiger partial charge is 0.160 e. The second-order valence-electron chi connectivity index (χ2n) is 15.2. The third-order valence-electron chi connectivity index (χ3n) is 11.7. The molecule has 0 amide bonds. The first-order valence-electron chi connectivity index (χ1n) is 20.4. The Labute approximate surface area is 356 Å². The highest BCUT2D eigenvalue weighted by Gasteiger charge is 2.44. The molecule has 0 fully saturated rings. The Balaban J connectivity index is 1.13. The summed E-state index contributed by atoms with van der Waals surface area (Å²) < 4.78 is 0. The van der Waals surface area contributed by atoms with E-state index in [4.69, 9.17) is 15.0 Å². The maximum absolute atomic E-state index is 5.14. The number of allylic oxidation sites excluding steroid dienone is 10. The minimum absolute atomic E-state index is 0.525. The van der Waals surface area contributed by atoms with Crippen molar-refractivity contribution in [1.29, 1.82) is 0 Å². The van der Waals surface area contributed by atoms with Crippen LogP contribution >= 0.6 is 11.8 Å². The molecule has 7 aromatic rings. The molecule has 3 aliphatic rings. The van der Waals surface area contributed by atoms with Crippen LogP contribution < -0.4 is 0 Å². The van der Waals surface area contributed by atoms with Crippen molar-refractivity contribution in [3.8, 4) is 44.8 Å². The van der Waals surface area contributed by atoms with Crippen LogP contribution in [0, 0.1) is 0 Å². The van der Waals surface area contributed by atoms with Gasteiger partial charge in [0.15, 0.2) is 5.82 Å². The number of benzene rings is 5. The number of aromatic nitrogens is 3. The summed E-state index contributed by atoms with van der Waals surface area (Å²) >= 11 is 1.74. The van der Waals surface area contributed by atoms with Crippen molar-refractivity contribution >= 4 is 29.0 Å². The summed E-state index contributed by atoms with van der Waals surface area (Å²) in [5.74, 6) is 0.749. The van der Waals surface area contributed by atoms with Crippen molar-refractivity contribution in [1.82, 2.24) is 15.0 Å². The number of pyridine rings is 1. The molecule has 1 aliphatic heterocycles. The summed E-state index contributed by atoms with van der Waals surface area (Å²) in [7, 11) is 0. The van der Waals surface area contributed by atoms with Crippen molar-refractivity contribution in [3.05, 3.63) is 246 Å². The monoisotopic (exact) mass is 787 g/mol. The van der Waals surface area contributed by atoms with Gasteiger partial charge < -0.3 is 0 Å². The number of rotatable bonds is 7. The topological polar surface area (TPSA) is 38.7 Å². The zero-order valence-electron chi connectivity index (χ0n) is 33.1. The SMILES string of the molecule is C=Cc1cccnc1C(=C)C1=CSc2c(-c3ccc(-c4cc(-c5ccccc5)nc(C5=CCCC=C5)n4)cc3)cccc2C2(/C=C\C=C1)c1ccccc1-c1ccccc12. The van der Waals surface area contributed by atoms with Crippen LogP contribution in [0.15, 0.2) is 217 Å². The van der Waals surface area contributed by atoms with Gasteiger partial charge in [0.05, 0.1) is 22.5 Å². The van der Waals surface area contributed by atoms with Crippen LogP contribution in [0.25, 0.3) is 62.0 Å². The summed E-state index contributed by atoms with van der Waals surface area (Å²) in [6.45, 7) is 8.62. The van der Waals surface area contributed by atoms with E-state index in [2.05, 4.69) is 182 Å². The van der Waals surface area contributed by atoms with Gasteiger partial charge in [-0.2, -0.15) is 0 Å². The second kappa shape index (κ2) is 15.9. The fourth-order valence-electron chi connectivity index (χ4n) is 8.77. The number of fused-ring (bicyclic) bond motifs is 7. The van der Waals surface area contributed by atoms with Crippen LogP contribution in [0.4, 0.5) is 0 Å². The predicted molar refractivity (Wildman–Crippen MR) is 252 cm³/mol. The zero-order valence-corrected chi connectivity index (χ0v) is 33.9. The second-order valence-corrected chi connectivity index (χ2v) is 16.0. The molecule has 0 bridgehead atoms. The molecular formula is C56H41N3S. The van der Waals surface area contributed by atoms with Gasteiger partial charge in [-0.25, -0.2) is 9.97 Å². The maximum Gasteiger partial charge on any atom is 0.160 e.